The third kappa shape index (κ3) is 3.23. The van der Waals surface area contributed by atoms with Crippen LogP contribution in [0.25, 0.3) is 0 Å². The highest BCUT2D eigenvalue weighted by Gasteiger charge is 2.20. The number of aromatic nitrogens is 1. The third-order valence-corrected chi connectivity index (χ3v) is 4.12. The van der Waals surface area contributed by atoms with Gasteiger partial charge in [0.25, 0.3) is 15.9 Å². The van der Waals surface area contributed by atoms with E-state index in [1.165, 1.54) is 19.2 Å². The van der Waals surface area contributed by atoms with E-state index in [1.807, 2.05) is 4.83 Å². The highest BCUT2D eigenvalue weighted by atomic mass is 32.2. The summed E-state index contributed by atoms with van der Waals surface area (Å²) in [7, 11) is -0.862. The Labute approximate surface area is 122 Å². The predicted molar refractivity (Wildman–Crippen MR) is 76.2 cm³/mol. The summed E-state index contributed by atoms with van der Waals surface area (Å²) in [5.41, 5.74) is 2.49. The first kappa shape index (κ1) is 15.1. The number of sulfonamides is 1. The minimum atomic E-state index is -3.92. The van der Waals surface area contributed by atoms with Gasteiger partial charge < -0.3 is 9.30 Å². The maximum Gasteiger partial charge on any atom is 0.282 e. The van der Waals surface area contributed by atoms with Gasteiger partial charge in [-0.25, -0.2) is 8.42 Å². The zero-order chi connectivity index (χ0) is 15.5. The Morgan fingerprint density at radius 1 is 1.19 bits per heavy atom. The number of hydrogen-bond donors (Lipinski definition) is 2. The summed E-state index contributed by atoms with van der Waals surface area (Å²) in [5.74, 6) is -0.362. The number of para-hydroxylation sites is 1. The van der Waals surface area contributed by atoms with Crippen LogP contribution >= 0.6 is 0 Å². The van der Waals surface area contributed by atoms with Gasteiger partial charge in [-0.15, -0.1) is 4.83 Å². The Hall–Kier alpha value is -2.32. The molecular formula is C13H15N3O4S. The number of methoxy groups -OCH3 is 1. The molecule has 0 aliphatic carbocycles. The van der Waals surface area contributed by atoms with Crippen molar-refractivity contribution in [3.63, 3.8) is 0 Å². The maximum atomic E-state index is 12.2. The molecule has 112 valence electrons. The molecule has 1 heterocycles. The SMILES string of the molecule is COc1ccccc1S(=O)(=O)NNC(=O)c1cccn1C. The van der Waals surface area contributed by atoms with Gasteiger partial charge in [0.15, 0.2) is 0 Å². The lowest BCUT2D eigenvalue weighted by atomic mass is 10.3. The second-order valence-electron chi connectivity index (χ2n) is 4.21. The van der Waals surface area contributed by atoms with Crippen molar-refractivity contribution in [1.29, 1.82) is 0 Å². The van der Waals surface area contributed by atoms with E-state index in [4.69, 9.17) is 4.74 Å². The quantitative estimate of drug-likeness (QED) is 0.794. The molecule has 0 fully saturated rings. The second-order valence-corrected chi connectivity index (χ2v) is 5.87. The van der Waals surface area contributed by atoms with E-state index in [-0.39, 0.29) is 10.6 Å². The fraction of sp³-hybridized carbons (Fsp3) is 0.154. The van der Waals surface area contributed by atoms with Crippen LogP contribution in [-0.2, 0) is 17.1 Å². The van der Waals surface area contributed by atoms with Crippen LogP contribution in [0.3, 0.4) is 0 Å². The van der Waals surface area contributed by atoms with E-state index in [0.717, 1.165) is 0 Å². The van der Waals surface area contributed by atoms with Gasteiger partial charge in [0.1, 0.15) is 16.3 Å². The fourth-order valence-corrected chi connectivity index (χ4v) is 2.78. The molecule has 0 spiro atoms. The van der Waals surface area contributed by atoms with Gasteiger partial charge in [0.05, 0.1) is 7.11 Å². The molecule has 8 heteroatoms. The van der Waals surface area contributed by atoms with Crippen molar-refractivity contribution in [2.45, 2.75) is 4.90 Å². The Morgan fingerprint density at radius 2 is 1.90 bits per heavy atom. The zero-order valence-electron chi connectivity index (χ0n) is 11.5. The summed E-state index contributed by atoms with van der Waals surface area (Å²) in [4.78, 5) is 13.9. The summed E-state index contributed by atoms with van der Waals surface area (Å²) in [6.45, 7) is 0. The van der Waals surface area contributed by atoms with E-state index in [9.17, 15) is 13.2 Å². The van der Waals surface area contributed by atoms with E-state index < -0.39 is 15.9 Å². The average Bonchev–Trinajstić information content (AvgIpc) is 2.91. The summed E-state index contributed by atoms with van der Waals surface area (Å²) in [5, 5.41) is 0. The number of nitrogens with zero attached hydrogens (tertiary/aromatic N) is 1. The highest BCUT2D eigenvalue weighted by molar-refractivity contribution is 7.89. The summed E-state index contributed by atoms with van der Waals surface area (Å²) < 4.78 is 30.9. The molecule has 1 aromatic heterocycles. The Morgan fingerprint density at radius 3 is 2.52 bits per heavy atom. The number of rotatable bonds is 5. The van der Waals surface area contributed by atoms with Gasteiger partial charge >= 0.3 is 0 Å². The molecule has 0 unspecified atom stereocenters. The van der Waals surface area contributed by atoms with Crippen LogP contribution in [0, 0.1) is 0 Å². The molecule has 2 aromatic rings. The standard InChI is InChI=1S/C13H15N3O4S/c1-16-9-5-6-10(16)13(17)14-15-21(18,19)12-8-4-3-7-11(12)20-2/h3-9,15H,1-2H3,(H,14,17). The van der Waals surface area contributed by atoms with Crippen LogP contribution in [0.1, 0.15) is 10.5 Å². The number of benzene rings is 1. The number of carbonyl (C=O) groups is 1. The molecule has 0 atom stereocenters. The number of carbonyl (C=O) groups excluding carboxylic acids is 1. The fourth-order valence-electron chi connectivity index (χ4n) is 1.77. The van der Waals surface area contributed by atoms with Crippen LogP contribution in [-0.4, -0.2) is 26.0 Å². The predicted octanol–water partition coefficient (Wildman–Crippen LogP) is 0.657. The maximum absolute atomic E-state index is 12.2. The van der Waals surface area contributed by atoms with Crippen molar-refractivity contribution < 1.29 is 17.9 Å². The highest BCUT2D eigenvalue weighted by Crippen LogP contribution is 2.21. The summed E-state index contributed by atoms with van der Waals surface area (Å²) >= 11 is 0. The van der Waals surface area contributed by atoms with Crippen LogP contribution < -0.4 is 15.0 Å². The van der Waals surface area contributed by atoms with E-state index in [0.29, 0.717) is 5.69 Å². The molecule has 0 saturated carbocycles. The molecule has 1 amide bonds. The zero-order valence-corrected chi connectivity index (χ0v) is 12.3. The summed E-state index contributed by atoms with van der Waals surface area (Å²) in [6.07, 6.45) is 1.68. The normalized spacial score (nSPS) is 11.1. The van der Waals surface area contributed by atoms with Crippen molar-refractivity contribution in [1.82, 2.24) is 14.8 Å². The van der Waals surface area contributed by atoms with Crippen molar-refractivity contribution in [2.75, 3.05) is 7.11 Å². The molecule has 0 aliphatic rings. The minimum absolute atomic E-state index is 0.0559. The molecule has 0 radical (unpaired) electrons. The van der Waals surface area contributed by atoms with Crippen LogP contribution in [0.2, 0.25) is 0 Å². The molecule has 0 aliphatic heterocycles. The molecule has 0 bridgehead atoms. The molecule has 2 rings (SSSR count). The number of nitrogens with one attached hydrogen (secondary N) is 2. The third-order valence-electron chi connectivity index (χ3n) is 2.83. The topological polar surface area (TPSA) is 89.4 Å². The lowest BCUT2D eigenvalue weighted by molar-refractivity contribution is 0.0937. The Kier molecular flexibility index (Phi) is 4.29. The lowest BCUT2D eigenvalue weighted by Gasteiger charge is -2.11. The summed E-state index contributed by atoms with van der Waals surface area (Å²) in [6, 6.07) is 9.39. The molecule has 2 N–H and O–H groups in total. The van der Waals surface area contributed by atoms with Crippen molar-refractivity contribution in [2.24, 2.45) is 7.05 Å². The smallest absolute Gasteiger partial charge is 0.282 e. The van der Waals surface area contributed by atoms with Crippen molar-refractivity contribution in [3.8, 4) is 5.75 Å². The van der Waals surface area contributed by atoms with Crippen LogP contribution in [0.15, 0.2) is 47.5 Å². The van der Waals surface area contributed by atoms with Gasteiger partial charge in [-0.2, -0.15) is 0 Å². The number of amides is 1. The molecule has 7 nitrogen and oxygen atoms in total. The van der Waals surface area contributed by atoms with Gasteiger partial charge in [-0.3, -0.25) is 10.2 Å². The number of aryl methyl sites for hydroxylation is 1. The second kappa shape index (κ2) is 5.98. The van der Waals surface area contributed by atoms with Crippen molar-refractivity contribution >= 4 is 15.9 Å². The van der Waals surface area contributed by atoms with Gasteiger partial charge in [-0.05, 0) is 24.3 Å². The molecule has 1 aromatic carbocycles. The van der Waals surface area contributed by atoms with Gasteiger partial charge in [-0.1, -0.05) is 12.1 Å². The van der Waals surface area contributed by atoms with Crippen LogP contribution in [0.5, 0.6) is 5.75 Å². The molecule has 21 heavy (non-hydrogen) atoms. The first-order valence-electron chi connectivity index (χ1n) is 6.02. The average molecular weight is 309 g/mol. The number of hydrazine groups is 1. The first-order valence-corrected chi connectivity index (χ1v) is 7.50. The van der Waals surface area contributed by atoms with E-state index >= 15 is 0 Å². The molecular weight excluding hydrogens is 294 g/mol. The van der Waals surface area contributed by atoms with E-state index in [1.54, 1.807) is 42.1 Å². The van der Waals surface area contributed by atoms with Crippen molar-refractivity contribution in [3.05, 3.63) is 48.3 Å². The largest absolute Gasteiger partial charge is 0.495 e. The monoisotopic (exact) mass is 309 g/mol. The van der Waals surface area contributed by atoms with Crippen LogP contribution in [0.4, 0.5) is 0 Å². The number of hydrogen-bond acceptors (Lipinski definition) is 4. The van der Waals surface area contributed by atoms with E-state index in [2.05, 4.69) is 5.43 Å². The minimum Gasteiger partial charge on any atom is -0.495 e. The number of ether oxygens (including phenoxy) is 1. The first-order chi connectivity index (χ1) is 9.95. The van der Waals surface area contributed by atoms with Gasteiger partial charge in [0, 0.05) is 13.2 Å². The van der Waals surface area contributed by atoms with Gasteiger partial charge in [0.2, 0.25) is 0 Å². The Balaban J connectivity index is 2.15. The lowest BCUT2D eigenvalue weighted by Crippen LogP contribution is -2.42. The molecule has 0 saturated heterocycles. The Bertz CT molecular complexity index is 752.